The third kappa shape index (κ3) is 5.70. The summed E-state index contributed by atoms with van der Waals surface area (Å²) in [6.07, 6.45) is 3.11. The monoisotopic (exact) mass is 428 g/mol. The van der Waals surface area contributed by atoms with E-state index >= 15 is 0 Å². The molecule has 0 radical (unpaired) electrons. The largest absolute Gasteiger partial charge is 0.368 e. The zero-order valence-corrected chi connectivity index (χ0v) is 20.0. The maximum atomic E-state index is 12.4. The van der Waals surface area contributed by atoms with Crippen LogP contribution in [0.5, 0.6) is 0 Å². The number of rotatable bonds is 6. The summed E-state index contributed by atoms with van der Waals surface area (Å²) in [6, 6.07) is 6.63. The second-order valence-corrected chi connectivity index (χ2v) is 8.95. The lowest BCUT2D eigenvalue weighted by Gasteiger charge is -2.38. The number of aryl methyl sites for hydroxylation is 1. The highest BCUT2D eigenvalue weighted by molar-refractivity contribution is 5.81. The van der Waals surface area contributed by atoms with Crippen molar-refractivity contribution in [1.82, 2.24) is 20.0 Å². The second-order valence-electron chi connectivity index (χ2n) is 8.95. The minimum absolute atomic E-state index is 0.0625. The van der Waals surface area contributed by atoms with Crippen LogP contribution in [0.1, 0.15) is 30.4 Å². The lowest BCUT2D eigenvalue weighted by Crippen LogP contribution is -2.53. The minimum atomic E-state index is 0.0625. The molecule has 0 spiro atoms. The Morgan fingerprint density at radius 3 is 2.58 bits per heavy atom. The Morgan fingerprint density at radius 1 is 1.16 bits per heavy atom. The zero-order valence-electron chi connectivity index (χ0n) is 20.0. The van der Waals surface area contributed by atoms with Crippen molar-refractivity contribution in [3.05, 3.63) is 29.3 Å². The molecule has 31 heavy (non-hydrogen) atoms. The standard InChI is InChI=1S/C24H40N6O/c1-19-9-6-10-21(20(19)2)29-15-17-30(18-16-29)24(25-3)26-12-8-14-28-13-7-11-22(28)23(31)27(4)5/h6,9-10,22H,7-8,11-18H2,1-5H3,(H,25,26). The molecule has 3 rings (SSSR count). The number of likely N-dealkylation sites (tertiary alicyclic amines) is 1. The molecule has 2 aliphatic rings. The number of guanidine groups is 1. The summed E-state index contributed by atoms with van der Waals surface area (Å²) in [5, 5.41) is 3.54. The summed E-state index contributed by atoms with van der Waals surface area (Å²) in [5.74, 6) is 1.23. The van der Waals surface area contributed by atoms with E-state index < -0.39 is 0 Å². The smallest absolute Gasteiger partial charge is 0.239 e. The Hall–Kier alpha value is -2.28. The van der Waals surface area contributed by atoms with Gasteiger partial charge in [0.2, 0.25) is 5.91 Å². The van der Waals surface area contributed by atoms with Gasteiger partial charge in [-0.1, -0.05) is 12.1 Å². The number of aliphatic imine (C=N–C) groups is 1. The summed E-state index contributed by atoms with van der Waals surface area (Å²) in [6.45, 7) is 11.2. The normalized spacial score (nSPS) is 20.3. The summed E-state index contributed by atoms with van der Waals surface area (Å²) in [5.41, 5.74) is 4.09. The van der Waals surface area contributed by atoms with Gasteiger partial charge in [-0.15, -0.1) is 0 Å². The average Bonchev–Trinajstić information content (AvgIpc) is 3.24. The quantitative estimate of drug-likeness (QED) is 0.426. The highest BCUT2D eigenvalue weighted by Gasteiger charge is 2.31. The molecule has 0 aliphatic carbocycles. The van der Waals surface area contributed by atoms with E-state index in [1.807, 2.05) is 21.1 Å². The number of carbonyl (C=O) groups excluding carboxylic acids is 1. The van der Waals surface area contributed by atoms with E-state index in [-0.39, 0.29) is 11.9 Å². The topological polar surface area (TPSA) is 54.4 Å². The van der Waals surface area contributed by atoms with Crippen LogP contribution in [0.4, 0.5) is 5.69 Å². The van der Waals surface area contributed by atoms with Crippen molar-refractivity contribution in [2.24, 2.45) is 4.99 Å². The van der Waals surface area contributed by atoms with Crippen LogP contribution < -0.4 is 10.2 Å². The van der Waals surface area contributed by atoms with E-state index in [9.17, 15) is 4.79 Å². The number of nitrogens with one attached hydrogen (secondary N) is 1. The lowest BCUT2D eigenvalue weighted by molar-refractivity contribution is -0.133. The molecule has 1 aromatic rings. The van der Waals surface area contributed by atoms with E-state index in [4.69, 9.17) is 0 Å². The van der Waals surface area contributed by atoms with Crippen LogP contribution in [0.2, 0.25) is 0 Å². The number of piperazine rings is 1. The Bertz CT molecular complexity index is 769. The highest BCUT2D eigenvalue weighted by Crippen LogP contribution is 2.24. The summed E-state index contributed by atoms with van der Waals surface area (Å²) in [4.78, 5) is 25.8. The Morgan fingerprint density at radius 2 is 1.90 bits per heavy atom. The molecule has 1 N–H and O–H groups in total. The third-order valence-electron chi connectivity index (χ3n) is 6.70. The van der Waals surface area contributed by atoms with E-state index in [1.165, 1.54) is 16.8 Å². The fourth-order valence-corrected chi connectivity index (χ4v) is 4.72. The zero-order chi connectivity index (χ0) is 22.4. The predicted molar refractivity (Wildman–Crippen MR) is 129 cm³/mol. The molecule has 7 nitrogen and oxygen atoms in total. The van der Waals surface area contributed by atoms with Crippen LogP contribution in [-0.4, -0.2) is 99.6 Å². The molecule has 1 atom stereocenters. The van der Waals surface area contributed by atoms with Crippen LogP contribution in [0.25, 0.3) is 0 Å². The van der Waals surface area contributed by atoms with Gasteiger partial charge in [-0.3, -0.25) is 14.7 Å². The maximum absolute atomic E-state index is 12.4. The van der Waals surface area contributed by atoms with Gasteiger partial charge in [-0.05, 0) is 56.8 Å². The highest BCUT2D eigenvalue weighted by atomic mass is 16.2. The molecule has 2 aliphatic heterocycles. The molecule has 1 aromatic carbocycles. The number of benzene rings is 1. The Kier molecular flexibility index (Phi) is 8.18. The van der Waals surface area contributed by atoms with Crippen molar-refractivity contribution in [2.45, 2.75) is 39.2 Å². The fraction of sp³-hybridized carbons (Fsp3) is 0.667. The van der Waals surface area contributed by atoms with Gasteiger partial charge < -0.3 is 20.0 Å². The molecule has 2 fully saturated rings. The van der Waals surface area contributed by atoms with Crippen molar-refractivity contribution < 1.29 is 4.79 Å². The molecule has 172 valence electrons. The number of hydrogen-bond acceptors (Lipinski definition) is 4. The number of amides is 1. The molecule has 0 saturated carbocycles. The molecule has 0 bridgehead atoms. The van der Waals surface area contributed by atoms with E-state index in [1.54, 1.807) is 4.90 Å². The maximum Gasteiger partial charge on any atom is 0.239 e. The van der Waals surface area contributed by atoms with Gasteiger partial charge in [0.25, 0.3) is 0 Å². The van der Waals surface area contributed by atoms with Crippen molar-refractivity contribution in [3.8, 4) is 0 Å². The SMILES string of the molecule is CN=C(NCCCN1CCCC1C(=O)N(C)C)N1CCN(c2cccc(C)c2C)CC1. The first-order valence-electron chi connectivity index (χ1n) is 11.6. The lowest BCUT2D eigenvalue weighted by atomic mass is 10.1. The molecule has 1 amide bonds. The van der Waals surface area contributed by atoms with Crippen LogP contribution in [0, 0.1) is 13.8 Å². The van der Waals surface area contributed by atoms with Gasteiger partial charge >= 0.3 is 0 Å². The van der Waals surface area contributed by atoms with Crippen molar-refractivity contribution in [1.29, 1.82) is 0 Å². The number of anilines is 1. The van der Waals surface area contributed by atoms with Crippen LogP contribution in [0.3, 0.4) is 0 Å². The summed E-state index contributed by atoms with van der Waals surface area (Å²) in [7, 11) is 5.57. The van der Waals surface area contributed by atoms with E-state index in [2.05, 4.69) is 57.1 Å². The van der Waals surface area contributed by atoms with Gasteiger partial charge in [0.05, 0.1) is 6.04 Å². The Labute approximate surface area is 188 Å². The van der Waals surface area contributed by atoms with Crippen molar-refractivity contribution in [3.63, 3.8) is 0 Å². The van der Waals surface area contributed by atoms with Gasteiger partial charge in [-0.25, -0.2) is 0 Å². The molecule has 2 heterocycles. The van der Waals surface area contributed by atoms with E-state index in [0.717, 1.165) is 71.0 Å². The second kappa shape index (κ2) is 10.8. The summed E-state index contributed by atoms with van der Waals surface area (Å²) < 4.78 is 0. The van der Waals surface area contributed by atoms with Gasteiger partial charge in [0, 0.05) is 66.1 Å². The Balaban J connectivity index is 1.43. The minimum Gasteiger partial charge on any atom is -0.368 e. The summed E-state index contributed by atoms with van der Waals surface area (Å²) >= 11 is 0. The molecule has 7 heteroatoms. The molecule has 0 aromatic heterocycles. The number of hydrogen-bond donors (Lipinski definition) is 1. The predicted octanol–water partition coefficient (Wildman–Crippen LogP) is 1.94. The first-order valence-corrected chi connectivity index (χ1v) is 11.6. The van der Waals surface area contributed by atoms with Crippen LogP contribution in [0.15, 0.2) is 23.2 Å². The number of nitrogens with zero attached hydrogens (tertiary/aromatic N) is 5. The first-order chi connectivity index (χ1) is 14.9. The van der Waals surface area contributed by atoms with Crippen molar-refractivity contribution in [2.75, 3.05) is 71.9 Å². The molecule has 1 unspecified atom stereocenters. The van der Waals surface area contributed by atoms with E-state index in [0.29, 0.717) is 0 Å². The van der Waals surface area contributed by atoms with Gasteiger partial charge in [-0.2, -0.15) is 0 Å². The number of likely N-dealkylation sites (N-methyl/N-ethyl adjacent to an activating group) is 1. The van der Waals surface area contributed by atoms with Crippen LogP contribution in [-0.2, 0) is 4.79 Å². The molecular formula is C24H40N6O. The van der Waals surface area contributed by atoms with Gasteiger partial charge in [0.1, 0.15) is 0 Å². The third-order valence-corrected chi connectivity index (χ3v) is 6.70. The van der Waals surface area contributed by atoms with Gasteiger partial charge in [0.15, 0.2) is 5.96 Å². The molecular weight excluding hydrogens is 388 g/mol. The molecule has 2 saturated heterocycles. The van der Waals surface area contributed by atoms with Crippen LogP contribution >= 0.6 is 0 Å². The van der Waals surface area contributed by atoms with Crippen molar-refractivity contribution >= 4 is 17.6 Å². The average molecular weight is 429 g/mol. The first kappa shape index (κ1) is 23.4. The number of carbonyl (C=O) groups is 1. The fourth-order valence-electron chi connectivity index (χ4n) is 4.72.